The van der Waals surface area contributed by atoms with Crippen LogP contribution in [0.1, 0.15) is 33.1 Å². The number of hydrogen-bond donors (Lipinski definition) is 0. The van der Waals surface area contributed by atoms with E-state index in [9.17, 15) is 0 Å². The van der Waals surface area contributed by atoms with Gasteiger partial charge in [-0.3, -0.25) is 0 Å². The monoisotopic (exact) mass is 189 g/mol. The summed E-state index contributed by atoms with van der Waals surface area (Å²) in [6.07, 6.45) is 4.03. The van der Waals surface area contributed by atoms with Gasteiger partial charge in [-0.15, -0.1) is 0 Å². The smallest absolute Gasteiger partial charge is 0.120 e. The number of rotatable bonds is 2. The van der Waals surface area contributed by atoms with Crippen molar-refractivity contribution in [3.05, 3.63) is 30.3 Å². The summed E-state index contributed by atoms with van der Waals surface area (Å²) >= 11 is 0. The standard InChI is InChI=1S/C13H17O/c1-13(2)9-8-12(10-13)14-11-6-4-3-5-7-11/h3-4,6-7,12H,8-10H2,1-2H3. The lowest BCUT2D eigenvalue weighted by Gasteiger charge is -2.17. The first-order chi connectivity index (χ1) is 6.66. The topological polar surface area (TPSA) is 9.23 Å². The lowest BCUT2D eigenvalue weighted by atomic mass is 9.92. The highest BCUT2D eigenvalue weighted by Gasteiger charge is 2.31. The Kier molecular flexibility index (Phi) is 2.49. The van der Waals surface area contributed by atoms with E-state index in [0.717, 1.165) is 5.75 Å². The zero-order valence-corrected chi connectivity index (χ0v) is 8.92. The highest BCUT2D eigenvalue weighted by molar-refractivity contribution is 5.20. The Bertz CT molecular complexity index is 289. The zero-order chi connectivity index (χ0) is 10.0. The Morgan fingerprint density at radius 2 is 2.36 bits per heavy atom. The highest BCUT2D eigenvalue weighted by atomic mass is 16.5. The van der Waals surface area contributed by atoms with Crippen LogP contribution in [0, 0.1) is 11.5 Å². The van der Waals surface area contributed by atoms with Gasteiger partial charge in [-0.2, -0.15) is 0 Å². The van der Waals surface area contributed by atoms with Crippen LogP contribution in [0.3, 0.4) is 0 Å². The Balaban J connectivity index is 1.94. The molecule has 1 atom stereocenters. The minimum atomic E-state index is 0.404. The predicted octanol–water partition coefficient (Wildman–Crippen LogP) is 3.44. The Labute approximate surface area is 86.1 Å². The van der Waals surface area contributed by atoms with Gasteiger partial charge in [0.05, 0.1) is 6.10 Å². The lowest BCUT2D eigenvalue weighted by Crippen LogP contribution is -2.14. The van der Waals surface area contributed by atoms with Gasteiger partial charge in [-0.1, -0.05) is 26.0 Å². The third-order valence-electron chi connectivity index (χ3n) is 2.90. The van der Waals surface area contributed by atoms with E-state index in [1.165, 1.54) is 19.3 Å². The van der Waals surface area contributed by atoms with E-state index in [1.807, 2.05) is 24.3 Å². The van der Waals surface area contributed by atoms with E-state index in [0.29, 0.717) is 11.5 Å². The summed E-state index contributed by atoms with van der Waals surface area (Å²) in [6.45, 7) is 4.63. The molecular weight excluding hydrogens is 172 g/mol. The molecule has 1 aromatic rings. The van der Waals surface area contributed by atoms with E-state index >= 15 is 0 Å². The Morgan fingerprint density at radius 1 is 1.50 bits per heavy atom. The van der Waals surface area contributed by atoms with Crippen LogP contribution in [0.25, 0.3) is 0 Å². The second-order valence-electron chi connectivity index (χ2n) is 4.89. The van der Waals surface area contributed by atoms with Crippen LogP contribution in [-0.4, -0.2) is 6.10 Å². The highest BCUT2D eigenvalue weighted by Crippen LogP contribution is 2.38. The maximum atomic E-state index is 5.88. The van der Waals surface area contributed by atoms with Crippen LogP contribution in [0.15, 0.2) is 24.3 Å². The quantitative estimate of drug-likeness (QED) is 0.692. The molecule has 1 aliphatic carbocycles. The van der Waals surface area contributed by atoms with Gasteiger partial charge in [0.15, 0.2) is 0 Å². The maximum absolute atomic E-state index is 5.88. The van der Waals surface area contributed by atoms with Gasteiger partial charge in [0.2, 0.25) is 0 Å². The van der Waals surface area contributed by atoms with Crippen molar-refractivity contribution in [1.29, 1.82) is 0 Å². The summed E-state index contributed by atoms with van der Waals surface area (Å²) in [5, 5.41) is 0. The molecule has 1 radical (unpaired) electrons. The van der Waals surface area contributed by atoms with E-state index in [2.05, 4.69) is 19.9 Å². The minimum absolute atomic E-state index is 0.404. The second kappa shape index (κ2) is 3.64. The van der Waals surface area contributed by atoms with Crippen LogP contribution in [0.2, 0.25) is 0 Å². The first kappa shape index (κ1) is 9.57. The van der Waals surface area contributed by atoms with E-state index < -0.39 is 0 Å². The number of hydrogen-bond acceptors (Lipinski definition) is 1. The average molecular weight is 189 g/mol. The first-order valence-corrected chi connectivity index (χ1v) is 5.28. The molecule has 1 fully saturated rings. The van der Waals surface area contributed by atoms with Crippen molar-refractivity contribution in [2.75, 3.05) is 0 Å². The minimum Gasteiger partial charge on any atom is -0.490 e. The first-order valence-electron chi connectivity index (χ1n) is 5.28. The molecule has 0 N–H and O–H groups in total. The van der Waals surface area contributed by atoms with Gasteiger partial charge in [0.1, 0.15) is 5.75 Å². The normalized spacial score (nSPS) is 24.9. The zero-order valence-electron chi connectivity index (χ0n) is 8.92. The molecule has 0 amide bonds. The molecule has 0 spiro atoms. The number of benzene rings is 1. The predicted molar refractivity (Wildman–Crippen MR) is 57.3 cm³/mol. The van der Waals surface area contributed by atoms with Crippen molar-refractivity contribution in [2.24, 2.45) is 5.41 Å². The van der Waals surface area contributed by atoms with Crippen LogP contribution in [0.4, 0.5) is 0 Å². The molecule has 0 aliphatic heterocycles. The summed E-state index contributed by atoms with van der Waals surface area (Å²) in [5.41, 5.74) is 0.461. The van der Waals surface area contributed by atoms with Crippen LogP contribution in [0.5, 0.6) is 5.75 Å². The van der Waals surface area contributed by atoms with E-state index in [-0.39, 0.29) is 0 Å². The van der Waals surface area contributed by atoms with E-state index in [1.54, 1.807) is 0 Å². The van der Waals surface area contributed by atoms with Crippen molar-refractivity contribution < 1.29 is 4.74 Å². The third kappa shape index (κ3) is 2.28. The molecule has 1 nitrogen and oxygen atoms in total. The van der Waals surface area contributed by atoms with Gasteiger partial charge in [-0.25, -0.2) is 0 Å². The van der Waals surface area contributed by atoms with Crippen molar-refractivity contribution in [2.45, 2.75) is 39.2 Å². The lowest BCUT2D eigenvalue weighted by molar-refractivity contribution is 0.193. The summed E-state index contributed by atoms with van der Waals surface area (Å²) in [4.78, 5) is 0. The molecule has 0 bridgehead atoms. The SMILES string of the molecule is CC1(C)CCC(Oc2c[c]ccc2)C1. The van der Waals surface area contributed by atoms with Crippen LogP contribution >= 0.6 is 0 Å². The van der Waals surface area contributed by atoms with Gasteiger partial charge in [0, 0.05) is 0 Å². The molecule has 1 aliphatic rings. The third-order valence-corrected chi connectivity index (χ3v) is 2.90. The molecule has 1 heteroatoms. The van der Waals surface area contributed by atoms with Crippen molar-refractivity contribution in [3.8, 4) is 5.75 Å². The summed E-state index contributed by atoms with van der Waals surface area (Å²) in [7, 11) is 0. The van der Waals surface area contributed by atoms with Crippen LogP contribution in [-0.2, 0) is 0 Å². The molecule has 1 saturated carbocycles. The fourth-order valence-electron chi connectivity index (χ4n) is 2.12. The molecule has 1 aromatic carbocycles. The fraction of sp³-hybridized carbons (Fsp3) is 0.538. The molecule has 0 saturated heterocycles. The molecule has 1 unspecified atom stereocenters. The molecule has 0 heterocycles. The fourth-order valence-corrected chi connectivity index (χ4v) is 2.12. The van der Waals surface area contributed by atoms with Gasteiger partial charge in [0.25, 0.3) is 0 Å². The second-order valence-corrected chi connectivity index (χ2v) is 4.89. The van der Waals surface area contributed by atoms with Crippen molar-refractivity contribution in [1.82, 2.24) is 0 Å². The van der Waals surface area contributed by atoms with Crippen molar-refractivity contribution >= 4 is 0 Å². The largest absolute Gasteiger partial charge is 0.490 e. The molecular formula is C13H17O. The van der Waals surface area contributed by atoms with E-state index in [4.69, 9.17) is 4.74 Å². The van der Waals surface area contributed by atoms with Crippen molar-refractivity contribution in [3.63, 3.8) is 0 Å². The van der Waals surface area contributed by atoms with Gasteiger partial charge >= 0.3 is 0 Å². The number of ether oxygens (including phenoxy) is 1. The molecule has 14 heavy (non-hydrogen) atoms. The molecule has 2 rings (SSSR count). The Morgan fingerprint density at radius 3 is 2.93 bits per heavy atom. The summed E-state index contributed by atoms with van der Waals surface area (Å²) in [5.74, 6) is 0.954. The average Bonchev–Trinajstić information content (AvgIpc) is 2.47. The summed E-state index contributed by atoms with van der Waals surface area (Å²) in [6, 6.07) is 10.8. The van der Waals surface area contributed by atoms with Gasteiger partial charge in [-0.05, 0) is 42.9 Å². The maximum Gasteiger partial charge on any atom is 0.120 e. The molecule has 0 aromatic heterocycles. The van der Waals surface area contributed by atoms with Crippen LogP contribution < -0.4 is 4.74 Å². The van der Waals surface area contributed by atoms with Gasteiger partial charge < -0.3 is 4.74 Å². The molecule has 75 valence electrons. The Hall–Kier alpha value is -0.980. The summed E-state index contributed by atoms with van der Waals surface area (Å²) < 4.78 is 5.88.